The Kier molecular flexibility index (Phi) is 5.08. The minimum absolute atomic E-state index is 0.0728. The smallest absolute Gasteiger partial charge is 0.261 e. The van der Waals surface area contributed by atoms with Gasteiger partial charge in [0.25, 0.3) is 5.91 Å². The summed E-state index contributed by atoms with van der Waals surface area (Å²) < 4.78 is 5.92. The number of fused-ring (bicyclic) bond motifs is 1. The van der Waals surface area contributed by atoms with Crippen LogP contribution < -0.4 is 4.74 Å². The maximum atomic E-state index is 13.3. The van der Waals surface area contributed by atoms with Crippen molar-refractivity contribution in [2.75, 3.05) is 6.54 Å². The average Bonchev–Trinajstić information content (AvgIpc) is 2.75. The third-order valence-corrected chi connectivity index (χ3v) is 5.23. The first-order valence-corrected chi connectivity index (χ1v) is 9.48. The highest BCUT2D eigenvalue weighted by atomic mass is 16.5. The van der Waals surface area contributed by atoms with Crippen molar-refractivity contribution >= 4 is 5.91 Å². The predicted molar refractivity (Wildman–Crippen MR) is 108 cm³/mol. The number of aromatic nitrogens is 1. The van der Waals surface area contributed by atoms with Gasteiger partial charge in [-0.15, -0.1) is 0 Å². The molecular weight excluding hydrogens is 368 g/mol. The number of phenolic OH excluding ortho intramolecular Hbond substituents is 2. The number of pyridine rings is 1. The molecule has 0 saturated carbocycles. The molecule has 6 nitrogen and oxygen atoms in total. The number of ether oxygens (including phenoxy) is 1. The van der Waals surface area contributed by atoms with Crippen molar-refractivity contribution < 1.29 is 19.7 Å². The van der Waals surface area contributed by atoms with Crippen molar-refractivity contribution in [3.05, 3.63) is 82.7 Å². The molecule has 1 aliphatic heterocycles. The molecule has 1 amide bonds. The molecule has 3 aromatic rings. The van der Waals surface area contributed by atoms with Crippen LogP contribution in [0.3, 0.4) is 0 Å². The number of amides is 1. The Hall–Kier alpha value is -3.54. The number of hydrogen-bond donors (Lipinski definition) is 2. The lowest BCUT2D eigenvalue weighted by Gasteiger charge is -2.29. The first kappa shape index (κ1) is 18.8. The summed E-state index contributed by atoms with van der Waals surface area (Å²) in [7, 11) is 0. The summed E-state index contributed by atoms with van der Waals surface area (Å²) in [5.74, 6) is -0.537. The van der Waals surface area contributed by atoms with Gasteiger partial charge in [0.2, 0.25) is 0 Å². The van der Waals surface area contributed by atoms with E-state index in [2.05, 4.69) is 4.98 Å². The highest BCUT2D eigenvalue weighted by Gasteiger charge is 2.29. The van der Waals surface area contributed by atoms with Crippen LogP contribution in [0, 0.1) is 6.92 Å². The largest absolute Gasteiger partial charge is 0.507 e. The van der Waals surface area contributed by atoms with Gasteiger partial charge in [0.15, 0.2) is 0 Å². The van der Waals surface area contributed by atoms with Gasteiger partial charge in [-0.1, -0.05) is 30.3 Å². The number of nitrogens with zero attached hydrogens (tertiary/aromatic N) is 2. The first-order valence-electron chi connectivity index (χ1n) is 9.48. The summed E-state index contributed by atoms with van der Waals surface area (Å²) in [5, 5.41) is 20.6. The standard InChI is InChI=1S/C23H22N2O4/c1-15-19(26)11-20(27)21(22(15)29-14-16-5-3-2-4-6-16)23(28)25-10-8-17-7-9-24-12-18(17)13-25/h2-7,9,11-12,26-27H,8,10,13-14H2,1H3. The van der Waals surface area contributed by atoms with Crippen LogP contribution in [0.25, 0.3) is 0 Å². The summed E-state index contributed by atoms with van der Waals surface area (Å²) >= 11 is 0. The molecule has 0 unspecified atom stereocenters. The number of benzene rings is 2. The number of phenols is 2. The normalized spacial score (nSPS) is 13.1. The topological polar surface area (TPSA) is 82.9 Å². The second-order valence-corrected chi connectivity index (χ2v) is 7.14. The van der Waals surface area contributed by atoms with E-state index in [0.29, 0.717) is 18.7 Å². The number of hydrogen-bond acceptors (Lipinski definition) is 5. The van der Waals surface area contributed by atoms with Gasteiger partial charge in [0.05, 0.1) is 0 Å². The summed E-state index contributed by atoms with van der Waals surface area (Å²) in [6.45, 7) is 2.84. The molecule has 1 aliphatic rings. The highest BCUT2D eigenvalue weighted by molar-refractivity contribution is 6.00. The van der Waals surface area contributed by atoms with Crippen LogP contribution in [0.4, 0.5) is 0 Å². The fraction of sp³-hybridized carbons (Fsp3) is 0.217. The van der Waals surface area contributed by atoms with Gasteiger partial charge in [-0.25, -0.2) is 0 Å². The van der Waals surface area contributed by atoms with Crippen molar-refractivity contribution in [1.29, 1.82) is 0 Å². The fourth-order valence-corrected chi connectivity index (χ4v) is 3.56. The Morgan fingerprint density at radius 2 is 1.93 bits per heavy atom. The molecule has 2 aromatic carbocycles. The quantitative estimate of drug-likeness (QED) is 0.712. The van der Waals surface area contributed by atoms with Crippen molar-refractivity contribution in [1.82, 2.24) is 9.88 Å². The SMILES string of the molecule is Cc1c(O)cc(O)c(C(=O)N2CCc3ccncc3C2)c1OCc1ccccc1. The van der Waals surface area contributed by atoms with Crippen LogP contribution >= 0.6 is 0 Å². The number of rotatable bonds is 4. The lowest BCUT2D eigenvalue weighted by atomic mass is 10.00. The molecule has 0 saturated heterocycles. The molecule has 0 fully saturated rings. The zero-order valence-corrected chi connectivity index (χ0v) is 16.1. The van der Waals surface area contributed by atoms with E-state index in [0.717, 1.165) is 17.5 Å². The molecule has 0 spiro atoms. The van der Waals surface area contributed by atoms with Gasteiger partial charge >= 0.3 is 0 Å². The van der Waals surface area contributed by atoms with E-state index in [1.165, 1.54) is 11.6 Å². The van der Waals surface area contributed by atoms with Crippen LogP contribution in [0.2, 0.25) is 0 Å². The summed E-state index contributed by atoms with van der Waals surface area (Å²) in [6, 6.07) is 12.7. The van der Waals surface area contributed by atoms with Crippen LogP contribution in [-0.4, -0.2) is 32.5 Å². The molecule has 2 heterocycles. The Labute approximate surface area is 169 Å². The number of aromatic hydroxyl groups is 2. The van der Waals surface area contributed by atoms with E-state index in [4.69, 9.17) is 4.74 Å². The zero-order chi connectivity index (χ0) is 20.4. The van der Waals surface area contributed by atoms with Gasteiger partial charge in [0.1, 0.15) is 29.4 Å². The predicted octanol–water partition coefficient (Wildman–Crippen LogP) is 3.58. The Morgan fingerprint density at radius 3 is 2.72 bits per heavy atom. The maximum Gasteiger partial charge on any atom is 0.261 e. The van der Waals surface area contributed by atoms with Crippen LogP contribution in [-0.2, 0) is 19.6 Å². The van der Waals surface area contributed by atoms with Crippen molar-refractivity contribution in [2.24, 2.45) is 0 Å². The molecule has 2 N–H and O–H groups in total. The lowest BCUT2D eigenvalue weighted by molar-refractivity contribution is 0.0726. The van der Waals surface area contributed by atoms with E-state index in [-0.39, 0.29) is 35.3 Å². The minimum atomic E-state index is -0.330. The summed E-state index contributed by atoms with van der Waals surface area (Å²) in [5.41, 5.74) is 3.58. The van der Waals surface area contributed by atoms with E-state index < -0.39 is 0 Å². The Balaban J connectivity index is 1.65. The van der Waals surface area contributed by atoms with Crippen LogP contribution in [0.1, 0.15) is 32.6 Å². The van der Waals surface area contributed by atoms with E-state index in [9.17, 15) is 15.0 Å². The number of carbonyl (C=O) groups is 1. The van der Waals surface area contributed by atoms with Gasteiger partial charge in [-0.05, 0) is 36.1 Å². The minimum Gasteiger partial charge on any atom is -0.507 e. The molecule has 29 heavy (non-hydrogen) atoms. The monoisotopic (exact) mass is 390 g/mol. The van der Waals surface area contributed by atoms with E-state index in [1.54, 1.807) is 24.2 Å². The first-order chi connectivity index (χ1) is 14.0. The lowest BCUT2D eigenvalue weighted by Crippen LogP contribution is -2.36. The molecule has 148 valence electrons. The summed E-state index contributed by atoms with van der Waals surface area (Å²) in [6.07, 6.45) is 4.24. The second-order valence-electron chi connectivity index (χ2n) is 7.14. The molecule has 4 rings (SSSR count). The van der Waals surface area contributed by atoms with Gasteiger partial charge in [-0.2, -0.15) is 0 Å². The molecule has 0 bridgehead atoms. The van der Waals surface area contributed by atoms with Crippen LogP contribution in [0.5, 0.6) is 17.2 Å². The highest BCUT2D eigenvalue weighted by Crippen LogP contribution is 2.39. The summed E-state index contributed by atoms with van der Waals surface area (Å²) in [4.78, 5) is 19.1. The fourth-order valence-electron chi connectivity index (χ4n) is 3.56. The molecule has 0 aliphatic carbocycles. The molecular formula is C23H22N2O4. The Bertz CT molecular complexity index is 1050. The third kappa shape index (κ3) is 3.74. The molecule has 6 heteroatoms. The van der Waals surface area contributed by atoms with E-state index in [1.807, 2.05) is 36.4 Å². The van der Waals surface area contributed by atoms with Crippen molar-refractivity contribution in [3.8, 4) is 17.2 Å². The maximum absolute atomic E-state index is 13.3. The zero-order valence-electron chi connectivity index (χ0n) is 16.1. The third-order valence-electron chi connectivity index (χ3n) is 5.23. The van der Waals surface area contributed by atoms with Crippen molar-refractivity contribution in [3.63, 3.8) is 0 Å². The molecule has 0 atom stereocenters. The van der Waals surface area contributed by atoms with Gasteiger partial charge in [-0.3, -0.25) is 9.78 Å². The van der Waals surface area contributed by atoms with Gasteiger partial charge < -0.3 is 19.8 Å². The van der Waals surface area contributed by atoms with Crippen molar-refractivity contribution in [2.45, 2.75) is 26.5 Å². The number of carbonyl (C=O) groups excluding carboxylic acids is 1. The molecule has 1 aromatic heterocycles. The van der Waals surface area contributed by atoms with Gasteiger partial charge in [0, 0.05) is 37.1 Å². The van der Waals surface area contributed by atoms with E-state index >= 15 is 0 Å². The average molecular weight is 390 g/mol. The van der Waals surface area contributed by atoms with Crippen LogP contribution in [0.15, 0.2) is 54.9 Å². The molecule has 0 radical (unpaired) electrons. The second kappa shape index (κ2) is 7.83. The Morgan fingerprint density at radius 1 is 1.14 bits per heavy atom.